The molecular formula is C15H22FNO. The molecule has 0 aliphatic heterocycles. The zero-order chi connectivity index (χ0) is 13.1. The summed E-state index contributed by atoms with van der Waals surface area (Å²) in [6.45, 7) is 4.16. The summed E-state index contributed by atoms with van der Waals surface area (Å²) >= 11 is 0. The van der Waals surface area contributed by atoms with Gasteiger partial charge in [-0.2, -0.15) is 0 Å². The Labute approximate surface area is 108 Å². The molecule has 18 heavy (non-hydrogen) atoms. The van der Waals surface area contributed by atoms with Crippen molar-refractivity contribution >= 4 is 0 Å². The van der Waals surface area contributed by atoms with Crippen LogP contribution in [0, 0.1) is 11.7 Å². The summed E-state index contributed by atoms with van der Waals surface area (Å²) in [4.78, 5) is 0. The molecule has 2 nitrogen and oxygen atoms in total. The molecule has 0 saturated heterocycles. The normalized spacial score (nSPS) is 19.9. The van der Waals surface area contributed by atoms with Gasteiger partial charge in [0.15, 0.2) is 0 Å². The number of halogens is 1. The van der Waals surface area contributed by atoms with Gasteiger partial charge in [0, 0.05) is 23.7 Å². The Balaban J connectivity index is 2.00. The van der Waals surface area contributed by atoms with Crippen LogP contribution in [-0.2, 0) is 0 Å². The highest BCUT2D eigenvalue weighted by molar-refractivity contribution is 5.29. The second-order valence-corrected chi connectivity index (χ2v) is 5.43. The first-order valence-corrected chi connectivity index (χ1v) is 6.82. The van der Waals surface area contributed by atoms with Gasteiger partial charge in [-0.25, -0.2) is 4.39 Å². The van der Waals surface area contributed by atoms with E-state index in [2.05, 4.69) is 12.2 Å². The van der Waals surface area contributed by atoms with Crippen molar-refractivity contribution < 1.29 is 9.50 Å². The summed E-state index contributed by atoms with van der Waals surface area (Å²) in [5, 5.41) is 12.7. The van der Waals surface area contributed by atoms with E-state index in [-0.39, 0.29) is 17.6 Å². The second-order valence-electron chi connectivity index (χ2n) is 5.43. The molecule has 1 saturated carbocycles. The van der Waals surface area contributed by atoms with Gasteiger partial charge in [-0.1, -0.05) is 18.9 Å². The van der Waals surface area contributed by atoms with Crippen molar-refractivity contribution in [2.24, 2.45) is 5.92 Å². The number of rotatable bonds is 4. The molecule has 2 N–H and O–H groups in total. The molecule has 0 amide bonds. The molecule has 1 aliphatic carbocycles. The molecule has 0 radical (unpaired) electrons. The Bertz CT molecular complexity index is 401. The zero-order valence-corrected chi connectivity index (χ0v) is 11.1. The Kier molecular flexibility index (Phi) is 4.23. The maximum absolute atomic E-state index is 13.7. The third-order valence-electron chi connectivity index (χ3n) is 4.07. The highest BCUT2D eigenvalue weighted by Crippen LogP contribution is 2.29. The van der Waals surface area contributed by atoms with Crippen LogP contribution in [0.5, 0.6) is 5.75 Å². The van der Waals surface area contributed by atoms with E-state index >= 15 is 0 Å². The van der Waals surface area contributed by atoms with Gasteiger partial charge >= 0.3 is 0 Å². The van der Waals surface area contributed by atoms with E-state index < -0.39 is 0 Å². The molecule has 1 aromatic rings. The average Bonchev–Trinajstić information content (AvgIpc) is 2.81. The van der Waals surface area contributed by atoms with Gasteiger partial charge in [0.2, 0.25) is 0 Å². The highest BCUT2D eigenvalue weighted by atomic mass is 19.1. The average molecular weight is 251 g/mol. The fourth-order valence-corrected chi connectivity index (χ4v) is 2.94. The lowest BCUT2D eigenvalue weighted by molar-refractivity contribution is 0.348. The number of phenolic OH excluding ortho intramolecular Hbond substituents is 1. The molecule has 1 fully saturated rings. The van der Waals surface area contributed by atoms with E-state index in [1.807, 2.05) is 6.92 Å². The van der Waals surface area contributed by atoms with E-state index in [0.717, 1.165) is 0 Å². The minimum atomic E-state index is -0.339. The van der Waals surface area contributed by atoms with Gasteiger partial charge < -0.3 is 10.4 Å². The minimum Gasteiger partial charge on any atom is -0.508 e. The lowest BCUT2D eigenvalue weighted by Gasteiger charge is -2.25. The summed E-state index contributed by atoms with van der Waals surface area (Å²) < 4.78 is 13.7. The zero-order valence-electron chi connectivity index (χ0n) is 11.1. The molecule has 1 aliphatic rings. The smallest absolute Gasteiger partial charge is 0.131 e. The number of phenols is 1. The molecule has 0 aromatic heterocycles. The van der Waals surface area contributed by atoms with Crippen LogP contribution >= 0.6 is 0 Å². The quantitative estimate of drug-likeness (QED) is 0.854. The highest BCUT2D eigenvalue weighted by Gasteiger charge is 2.23. The summed E-state index contributed by atoms with van der Waals surface area (Å²) in [5.74, 6) is 0.355. The largest absolute Gasteiger partial charge is 0.508 e. The number of nitrogens with one attached hydrogen (secondary N) is 1. The number of aromatic hydroxyl groups is 1. The molecule has 100 valence electrons. The van der Waals surface area contributed by atoms with Gasteiger partial charge in [-0.15, -0.1) is 0 Å². The fourth-order valence-electron chi connectivity index (χ4n) is 2.94. The molecule has 2 rings (SSSR count). The predicted octanol–water partition coefficient (Wildman–Crippen LogP) is 3.76. The summed E-state index contributed by atoms with van der Waals surface area (Å²) in [6.07, 6.45) is 5.19. The molecule has 0 heterocycles. The van der Waals surface area contributed by atoms with Crippen LogP contribution < -0.4 is 5.32 Å². The maximum atomic E-state index is 13.7. The number of hydrogen-bond acceptors (Lipinski definition) is 2. The van der Waals surface area contributed by atoms with E-state index in [1.165, 1.54) is 37.8 Å². The van der Waals surface area contributed by atoms with E-state index in [1.54, 1.807) is 6.07 Å². The Morgan fingerprint density at radius 1 is 1.28 bits per heavy atom. The molecule has 0 spiro atoms. The van der Waals surface area contributed by atoms with E-state index in [0.29, 0.717) is 17.5 Å². The van der Waals surface area contributed by atoms with E-state index in [4.69, 9.17) is 0 Å². The first-order valence-electron chi connectivity index (χ1n) is 6.82. The van der Waals surface area contributed by atoms with Crippen molar-refractivity contribution in [3.05, 3.63) is 29.6 Å². The standard InChI is InChI=1S/C15H22FNO/c1-10(12-5-3-4-6-12)17-11(2)14-8-7-13(18)9-15(14)16/h7-12,17-18H,3-6H2,1-2H3/t10-,11?/m1/s1. The Morgan fingerprint density at radius 2 is 1.94 bits per heavy atom. The van der Waals surface area contributed by atoms with Crippen LogP contribution in [0.2, 0.25) is 0 Å². The maximum Gasteiger partial charge on any atom is 0.131 e. The van der Waals surface area contributed by atoms with Gasteiger partial charge in [-0.3, -0.25) is 0 Å². The molecule has 0 bridgehead atoms. The summed E-state index contributed by atoms with van der Waals surface area (Å²) in [6, 6.07) is 4.76. The van der Waals surface area contributed by atoms with Gasteiger partial charge in [0.25, 0.3) is 0 Å². The monoisotopic (exact) mass is 251 g/mol. The molecule has 3 heteroatoms. The van der Waals surface area contributed by atoms with Crippen LogP contribution in [0.4, 0.5) is 4.39 Å². The first kappa shape index (κ1) is 13.3. The Hall–Kier alpha value is -1.09. The van der Waals surface area contributed by atoms with Gasteiger partial charge in [0.05, 0.1) is 0 Å². The van der Waals surface area contributed by atoms with Crippen molar-refractivity contribution in [1.29, 1.82) is 0 Å². The van der Waals surface area contributed by atoms with E-state index in [9.17, 15) is 9.50 Å². The van der Waals surface area contributed by atoms with Crippen LogP contribution in [0.15, 0.2) is 18.2 Å². The van der Waals surface area contributed by atoms with Crippen molar-refractivity contribution in [3.63, 3.8) is 0 Å². The SMILES string of the molecule is CC(N[C@H](C)C1CCCC1)c1ccc(O)cc1F. The fraction of sp³-hybridized carbons (Fsp3) is 0.600. The molecule has 2 atom stereocenters. The van der Waals surface area contributed by atoms with Gasteiger partial charge in [-0.05, 0) is 38.7 Å². The molecule has 1 unspecified atom stereocenters. The van der Waals surface area contributed by atoms with Crippen LogP contribution in [0.25, 0.3) is 0 Å². The van der Waals surface area contributed by atoms with Crippen LogP contribution in [0.3, 0.4) is 0 Å². The first-order chi connectivity index (χ1) is 8.58. The topological polar surface area (TPSA) is 32.3 Å². The predicted molar refractivity (Wildman–Crippen MR) is 71.0 cm³/mol. The lowest BCUT2D eigenvalue weighted by Crippen LogP contribution is -2.34. The van der Waals surface area contributed by atoms with Crippen molar-refractivity contribution in [2.75, 3.05) is 0 Å². The summed E-state index contributed by atoms with van der Waals surface area (Å²) in [7, 11) is 0. The number of hydrogen-bond donors (Lipinski definition) is 2. The second kappa shape index (κ2) is 5.70. The Morgan fingerprint density at radius 3 is 2.56 bits per heavy atom. The van der Waals surface area contributed by atoms with Gasteiger partial charge in [0.1, 0.15) is 11.6 Å². The lowest BCUT2D eigenvalue weighted by atomic mass is 9.97. The minimum absolute atomic E-state index is 0.0210. The van der Waals surface area contributed by atoms with Crippen molar-refractivity contribution in [1.82, 2.24) is 5.32 Å². The third-order valence-corrected chi connectivity index (χ3v) is 4.07. The van der Waals surface area contributed by atoms with Crippen LogP contribution in [-0.4, -0.2) is 11.1 Å². The third kappa shape index (κ3) is 3.02. The van der Waals surface area contributed by atoms with Crippen molar-refractivity contribution in [3.8, 4) is 5.75 Å². The molecular weight excluding hydrogens is 229 g/mol. The summed E-state index contributed by atoms with van der Waals surface area (Å²) in [5.41, 5.74) is 0.623. The molecule has 1 aromatic carbocycles. The van der Waals surface area contributed by atoms with Crippen LogP contribution in [0.1, 0.15) is 51.1 Å². The van der Waals surface area contributed by atoms with Crippen molar-refractivity contribution in [2.45, 2.75) is 51.6 Å². The number of benzene rings is 1.